The lowest BCUT2D eigenvalue weighted by Crippen LogP contribution is -2.44. The highest BCUT2D eigenvalue weighted by Gasteiger charge is 2.14. The van der Waals surface area contributed by atoms with E-state index in [0.29, 0.717) is 5.95 Å². The summed E-state index contributed by atoms with van der Waals surface area (Å²) >= 11 is 0. The molecule has 2 N–H and O–H groups in total. The van der Waals surface area contributed by atoms with Gasteiger partial charge in [0.15, 0.2) is 5.82 Å². The van der Waals surface area contributed by atoms with Gasteiger partial charge in [0.2, 0.25) is 5.95 Å². The summed E-state index contributed by atoms with van der Waals surface area (Å²) in [6.07, 6.45) is 1.64. The molecule has 0 spiro atoms. The number of hydrogen-bond acceptors (Lipinski definition) is 8. The summed E-state index contributed by atoms with van der Waals surface area (Å²) in [4.78, 5) is 11.3. The molecule has 2 aromatic rings. The van der Waals surface area contributed by atoms with Crippen molar-refractivity contribution in [3.8, 4) is 0 Å². The van der Waals surface area contributed by atoms with Crippen LogP contribution in [0.15, 0.2) is 30.5 Å². The predicted molar refractivity (Wildman–Crippen MR) is 106 cm³/mol. The fourth-order valence-corrected chi connectivity index (χ4v) is 2.80. The fourth-order valence-electron chi connectivity index (χ4n) is 2.80. The highest BCUT2D eigenvalue weighted by atomic mass is 15.3. The Kier molecular flexibility index (Phi) is 6.19. The second-order valence-corrected chi connectivity index (χ2v) is 6.86. The minimum absolute atomic E-state index is 0.493. The Morgan fingerprint density at radius 1 is 1.08 bits per heavy atom. The Morgan fingerprint density at radius 3 is 2.50 bits per heavy atom. The summed E-state index contributed by atoms with van der Waals surface area (Å²) < 4.78 is 0. The van der Waals surface area contributed by atoms with Crippen LogP contribution in [-0.2, 0) is 0 Å². The zero-order valence-electron chi connectivity index (χ0n) is 15.8. The lowest BCUT2D eigenvalue weighted by Gasteiger charge is -2.34. The van der Waals surface area contributed by atoms with Crippen molar-refractivity contribution in [2.75, 3.05) is 75.9 Å². The van der Waals surface area contributed by atoms with Crippen molar-refractivity contribution in [1.82, 2.24) is 25.0 Å². The summed E-state index contributed by atoms with van der Waals surface area (Å²) in [5.74, 6) is 1.21. The smallest absolute Gasteiger partial charge is 0.249 e. The Hall–Kier alpha value is -2.45. The van der Waals surface area contributed by atoms with Gasteiger partial charge in [0.1, 0.15) is 0 Å². The highest BCUT2D eigenvalue weighted by Crippen LogP contribution is 2.21. The number of likely N-dealkylation sites (N-methyl/N-ethyl adjacent to an activating group) is 2. The van der Waals surface area contributed by atoms with E-state index in [4.69, 9.17) is 0 Å². The largest absolute Gasteiger partial charge is 0.369 e. The van der Waals surface area contributed by atoms with Gasteiger partial charge in [-0.25, -0.2) is 0 Å². The van der Waals surface area contributed by atoms with E-state index >= 15 is 0 Å². The van der Waals surface area contributed by atoms with E-state index in [1.54, 1.807) is 6.20 Å². The number of piperazine rings is 1. The molecular formula is C18H28N8. The van der Waals surface area contributed by atoms with Crippen LogP contribution in [0.25, 0.3) is 0 Å². The summed E-state index contributed by atoms with van der Waals surface area (Å²) in [5, 5.41) is 14.5. The quantitative estimate of drug-likeness (QED) is 0.770. The maximum atomic E-state index is 4.46. The van der Waals surface area contributed by atoms with Crippen molar-refractivity contribution in [3.05, 3.63) is 30.5 Å². The maximum Gasteiger partial charge on any atom is 0.249 e. The molecule has 8 heteroatoms. The summed E-state index contributed by atoms with van der Waals surface area (Å²) in [5.41, 5.74) is 2.21. The molecule has 0 aliphatic carbocycles. The first-order valence-corrected chi connectivity index (χ1v) is 8.99. The molecule has 0 saturated carbocycles. The van der Waals surface area contributed by atoms with Gasteiger partial charge in [0.05, 0.1) is 6.20 Å². The second-order valence-electron chi connectivity index (χ2n) is 6.86. The lowest BCUT2D eigenvalue weighted by molar-refractivity contribution is 0.313. The number of hydrogen-bond donors (Lipinski definition) is 2. The number of benzene rings is 1. The molecule has 0 radical (unpaired) electrons. The van der Waals surface area contributed by atoms with Gasteiger partial charge in [-0.3, -0.25) is 0 Å². The molecule has 1 aromatic heterocycles. The normalized spacial score (nSPS) is 15.3. The molecule has 0 unspecified atom stereocenters. The second kappa shape index (κ2) is 8.77. The van der Waals surface area contributed by atoms with E-state index in [2.05, 4.69) is 71.8 Å². The van der Waals surface area contributed by atoms with Crippen molar-refractivity contribution >= 4 is 23.1 Å². The molecule has 3 rings (SSSR count). The molecule has 1 saturated heterocycles. The molecule has 0 amide bonds. The molecule has 26 heavy (non-hydrogen) atoms. The van der Waals surface area contributed by atoms with Gasteiger partial charge in [-0.1, -0.05) is 0 Å². The predicted octanol–water partition coefficient (Wildman–Crippen LogP) is 1.34. The zero-order valence-corrected chi connectivity index (χ0v) is 15.8. The molecule has 0 bridgehead atoms. The van der Waals surface area contributed by atoms with Crippen molar-refractivity contribution in [1.29, 1.82) is 0 Å². The van der Waals surface area contributed by atoms with Crippen molar-refractivity contribution in [2.24, 2.45) is 0 Å². The number of nitrogens with one attached hydrogen (secondary N) is 2. The van der Waals surface area contributed by atoms with E-state index < -0.39 is 0 Å². The van der Waals surface area contributed by atoms with Crippen LogP contribution in [0.5, 0.6) is 0 Å². The monoisotopic (exact) mass is 356 g/mol. The average molecular weight is 356 g/mol. The molecule has 1 fully saturated rings. The fraction of sp³-hybridized carbons (Fsp3) is 0.500. The molecule has 140 valence electrons. The maximum absolute atomic E-state index is 4.46. The van der Waals surface area contributed by atoms with Crippen LogP contribution in [0.3, 0.4) is 0 Å². The molecule has 0 atom stereocenters. The summed E-state index contributed by atoms with van der Waals surface area (Å²) in [6, 6.07) is 8.40. The zero-order chi connectivity index (χ0) is 18.4. The Balaban J connectivity index is 1.57. The first-order chi connectivity index (χ1) is 12.6. The van der Waals surface area contributed by atoms with Gasteiger partial charge in [-0.15, -0.1) is 5.10 Å². The van der Waals surface area contributed by atoms with Crippen molar-refractivity contribution in [2.45, 2.75) is 0 Å². The van der Waals surface area contributed by atoms with Crippen molar-refractivity contribution < 1.29 is 0 Å². The van der Waals surface area contributed by atoms with Gasteiger partial charge in [-0.05, 0) is 45.4 Å². The minimum Gasteiger partial charge on any atom is -0.369 e. The van der Waals surface area contributed by atoms with E-state index in [9.17, 15) is 0 Å². The number of rotatable bonds is 7. The third-order valence-corrected chi connectivity index (χ3v) is 4.42. The lowest BCUT2D eigenvalue weighted by atomic mass is 10.2. The topological polar surface area (TPSA) is 72.5 Å². The van der Waals surface area contributed by atoms with Crippen LogP contribution >= 0.6 is 0 Å². The Labute approximate surface area is 155 Å². The van der Waals surface area contributed by atoms with E-state index in [1.807, 2.05) is 14.1 Å². The highest BCUT2D eigenvalue weighted by molar-refractivity contribution is 5.59. The molecule has 1 aliphatic rings. The Bertz CT molecular complexity index is 680. The van der Waals surface area contributed by atoms with E-state index in [-0.39, 0.29) is 0 Å². The van der Waals surface area contributed by atoms with Crippen molar-refractivity contribution in [3.63, 3.8) is 0 Å². The van der Waals surface area contributed by atoms with Gasteiger partial charge < -0.3 is 25.3 Å². The first kappa shape index (κ1) is 18.3. The van der Waals surface area contributed by atoms with Gasteiger partial charge in [-0.2, -0.15) is 10.1 Å². The summed E-state index contributed by atoms with van der Waals surface area (Å²) in [6.45, 7) is 6.08. The van der Waals surface area contributed by atoms with Crippen LogP contribution in [0.4, 0.5) is 23.1 Å². The first-order valence-electron chi connectivity index (χ1n) is 8.99. The number of aromatic nitrogens is 3. The van der Waals surface area contributed by atoms with Crippen LogP contribution < -0.4 is 15.5 Å². The van der Waals surface area contributed by atoms with Crippen LogP contribution in [0.1, 0.15) is 0 Å². The van der Waals surface area contributed by atoms with E-state index in [1.165, 1.54) is 5.69 Å². The van der Waals surface area contributed by atoms with Crippen LogP contribution in [0.2, 0.25) is 0 Å². The van der Waals surface area contributed by atoms with Crippen LogP contribution in [-0.4, -0.2) is 85.4 Å². The van der Waals surface area contributed by atoms with Gasteiger partial charge >= 0.3 is 0 Å². The molecule has 2 heterocycles. The molecule has 8 nitrogen and oxygen atoms in total. The van der Waals surface area contributed by atoms with Crippen LogP contribution in [0, 0.1) is 0 Å². The summed E-state index contributed by atoms with van der Waals surface area (Å²) in [7, 11) is 6.25. The molecule has 1 aliphatic heterocycles. The third-order valence-electron chi connectivity index (χ3n) is 4.42. The average Bonchev–Trinajstić information content (AvgIpc) is 2.63. The van der Waals surface area contributed by atoms with Gasteiger partial charge in [0, 0.05) is 50.6 Å². The molecular weight excluding hydrogens is 328 g/mol. The van der Waals surface area contributed by atoms with Gasteiger partial charge in [0.25, 0.3) is 0 Å². The number of anilines is 4. The third kappa shape index (κ3) is 5.27. The molecule has 1 aromatic carbocycles. The standard InChI is InChI=1S/C18H28N8/c1-24(2)9-8-19-17-14-20-23-18(22-17)21-15-4-6-16(7-5-15)26-12-10-25(3)11-13-26/h4-7,14H,8-13H2,1-3H3,(H2,19,21,22,23). The number of nitrogens with zero attached hydrogens (tertiary/aromatic N) is 6. The van der Waals surface area contributed by atoms with E-state index in [0.717, 1.165) is 50.8 Å². The SMILES string of the molecule is CN(C)CCNc1cnnc(Nc2ccc(N3CCN(C)CC3)cc2)n1. The Morgan fingerprint density at radius 2 is 1.81 bits per heavy atom. The minimum atomic E-state index is 0.493.